The van der Waals surface area contributed by atoms with Crippen molar-refractivity contribution in [3.63, 3.8) is 0 Å². The van der Waals surface area contributed by atoms with Crippen molar-refractivity contribution in [2.45, 2.75) is 183 Å². The molecule has 8 aromatic carbocycles. The fraction of sp³-hybridized carbons (Fsp3) is 0.349. The Morgan fingerprint density at radius 1 is 0.433 bits per heavy atom. The van der Waals surface area contributed by atoms with Crippen LogP contribution in [0.4, 0.5) is 22.7 Å². The molecule has 0 bridgehead atoms. The van der Waals surface area contributed by atoms with E-state index in [0.717, 1.165) is 60.9 Å². The van der Waals surface area contributed by atoms with Crippen LogP contribution in [0.5, 0.6) is 11.5 Å². The highest BCUT2D eigenvalue weighted by Crippen LogP contribution is 2.54. The zero-order chi connectivity index (χ0) is 64.7. The minimum Gasteiger partial charge on any atom is -0.457 e. The summed E-state index contributed by atoms with van der Waals surface area (Å²) in [5, 5.41) is 14.5. The highest BCUT2D eigenvalue weighted by atomic mass is 32.1. The average Bonchev–Trinajstić information content (AvgIpc) is 1.52. The standard InChI is InChI=1S/C83H91N5OS/c1-77(2,3)53-32-33-85-73(45-53)88-70-31-30-64-63-28-26-50(48-84)34-72(63)90-76(64)74(70)65-29-27-61(47-71(65)88)89-62-42-58(82(16,17)18)41-60(46-62)86-49-87(69-25-23-22-24-68(69)86)75-66(51-35-54(78(4,5)6)39-55(36-51)79(7,8)9)43-59(83(19,20)21)44-67(75)52-37-56(80(10,11)12)40-57(38-52)81(13,14)15/h22-47H,49H2,1-21H3. The SMILES string of the molecule is CC(C)(C)c1cc(Oc2ccc3c4c5sc6cc(C#N)ccc6c5ccc4n(-c4cc(C(C)(C)C)ccn4)c3c2)cc(N2CN(c3c(-c4cc(C(C)(C)C)cc(C(C)(C)C)c4)cc(C(C)(C)C)cc3-c3cc(C(C)(C)C)cc(C(C)(C)C)c3)c3ccccc32)c1. The van der Waals surface area contributed by atoms with Gasteiger partial charge in [-0.1, -0.05) is 206 Å². The maximum Gasteiger partial charge on any atom is 0.137 e. The van der Waals surface area contributed by atoms with E-state index in [1.165, 1.54) is 82.4 Å². The molecule has 1 aliphatic heterocycles. The lowest BCUT2D eigenvalue weighted by Gasteiger charge is -2.33. The third kappa shape index (κ3) is 11.5. The van der Waals surface area contributed by atoms with Crippen molar-refractivity contribution in [2.75, 3.05) is 16.5 Å². The number of hydrogen-bond donors (Lipinski definition) is 0. The number of thiophene rings is 1. The Hall–Kier alpha value is -8.18. The van der Waals surface area contributed by atoms with Gasteiger partial charge in [-0.05, 0) is 167 Å². The molecular weight excluding hydrogens is 1120 g/mol. The number of benzene rings is 8. The van der Waals surface area contributed by atoms with E-state index in [1.54, 1.807) is 11.3 Å². The molecule has 6 nitrogen and oxygen atoms in total. The number of anilines is 4. The number of rotatable bonds is 7. The molecule has 0 radical (unpaired) electrons. The van der Waals surface area contributed by atoms with Gasteiger partial charge in [0.25, 0.3) is 0 Å². The molecule has 4 heterocycles. The van der Waals surface area contributed by atoms with Gasteiger partial charge in [-0.15, -0.1) is 11.3 Å². The zero-order valence-electron chi connectivity index (χ0n) is 57.3. The van der Waals surface area contributed by atoms with Gasteiger partial charge < -0.3 is 14.5 Å². The smallest absolute Gasteiger partial charge is 0.137 e. The van der Waals surface area contributed by atoms with Crippen molar-refractivity contribution in [3.05, 3.63) is 202 Å². The van der Waals surface area contributed by atoms with Crippen LogP contribution in [-0.4, -0.2) is 16.2 Å². The maximum absolute atomic E-state index is 9.89. The van der Waals surface area contributed by atoms with Crippen LogP contribution in [0.3, 0.4) is 0 Å². The highest BCUT2D eigenvalue weighted by molar-refractivity contribution is 7.26. The zero-order valence-corrected chi connectivity index (χ0v) is 58.1. The fourth-order valence-electron chi connectivity index (χ4n) is 12.8. The molecule has 0 spiro atoms. The van der Waals surface area contributed by atoms with Gasteiger partial charge in [0.05, 0.1) is 39.7 Å². The normalized spacial score (nSPS) is 13.7. The number of ether oxygens (including phenoxy) is 1. The van der Waals surface area contributed by atoms with Crippen LogP contribution in [0, 0.1) is 11.3 Å². The number of aromatic nitrogens is 2. The molecule has 11 aromatic rings. The van der Waals surface area contributed by atoms with E-state index in [4.69, 9.17) is 9.72 Å². The van der Waals surface area contributed by atoms with Gasteiger partial charge in [-0.25, -0.2) is 4.98 Å². The number of nitrogens with zero attached hydrogens (tertiary/aromatic N) is 5. The molecule has 3 aromatic heterocycles. The number of nitriles is 1. The minimum absolute atomic E-state index is 0.0885. The lowest BCUT2D eigenvalue weighted by atomic mass is 9.76. The molecule has 0 N–H and O–H groups in total. The number of para-hydroxylation sites is 2. The van der Waals surface area contributed by atoms with Crippen molar-refractivity contribution in [1.82, 2.24) is 9.55 Å². The summed E-state index contributed by atoms with van der Waals surface area (Å²) in [6.45, 7) is 49.5. The Bertz CT molecular complexity index is 4560. The summed E-state index contributed by atoms with van der Waals surface area (Å²) in [6, 6.07) is 59.6. The summed E-state index contributed by atoms with van der Waals surface area (Å²) in [6.07, 6.45) is 1.94. The predicted octanol–water partition coefficient (Wildman–Crippen LogP) is 23.9. The topological polar surface area (TPSA) is 57.3 Å². The molecule has 0 saturated carbocycles. The van der Waals surface area contributed by atoms with Gasteiger partial charge in [-0.3, -0.25) is 4.57 Å². The molecular formula is C83H91N5OS. The predicted molar refractivity (Wildman–Crippen MR) is 386 cm³/mol. The van der Waals surface area contributed by atoms with E-state index in [2.05, 4.69) is 305 Å². The van der Waals surface area contributed by atoms with Gasteiger partial charge in [0.2, 0.25) is 0 Å². The number of pyridine rings is 1. The Morgan fingerprint density at radius 3 is 1.47 bits per heavy atom. The Balaban J connectivity index is 1.06. The van der Waals surface area contributed by atoms with Crippen LogP contribution in [0.2, 0.25) is 0 Å². The van der Waals surface area contributed by atoms with E-state index in [0.29, 0.717) is 12.2 Å². The summed E-state index contributed by atoms with van der Waals surface area (Å²) in [5.41, 5.74) is 20.4. The van der Waals surface area contributed by atoms with Gasteiger partial charge in [0.15, 0.2) is 0 Å². The van der Waals surface area contributed by atoms with E-state index in [1.807, 2.05) is 18.3 Å². The Labute approximate surface area is 540 Å². The number of hydrogen-bond acceptors (Lipinski definition) is 6. The van der Waals surface area contributed by atoms with Gasteiger partial charge in [0.1, 0.15) is 24.0 Å². The quantitative estimate of drug-likeness (QED) is 0.159. The van der Waals surface area contributed by atoms with Crippen molar-refractivity contribution in [1.29, 1.82) is 5.26 Å². The first-order chi connectivity index (χ1) is 41.9. The first-order valence-corrected chi connectivity index (χ1v) is 33.1. The lowest BCUT2D eigenvalue weighted by Crippen LogP contribution is -2.26. The molecule has 0 atom stereocenters. The van der Waals surface area contributed by atoms with Gasteiger partial charge in [-0.2, -0.15) is 5.26 Å². The molecule has 460 valence electrons. The van der Waals surface area contributed by atoms with Crippen molar-refractivity contribution >= 4 is 76.1 Å². The van der Waals surface area contributed by atoms with Crippen LogP contribution in [0.1, 0.15) is 190 Å². The number of fused-ring (bicyclic) bond motifs is 8. The molecule has 0 unspecified atom stereocenters. The second kappa shape index (κ2) is 21.5. The largest absolute Gasteiger partial charge is 0.457 e. The van der Waals surface area contributed by atoms with Crippen LogP contribution < -0.4 is 14.5 Å². The third-order valence-electron chi connectivity index (χ3n) is 18.6. The first kappa shape index (κ1) is 62.0. The summed E-state index contributed by atoms with van der Waals surface area (Å²) in [5.74, 6) is 2.35. The third-order valence-corrected chi connectivity index (χ3v) is 19.7. The second-order valence-corrected chi connectivity index (χ2v) is 33.8. The molecule has 90 heavy (non-hydrogen) atoms. The summed E-state index contributed by atoms with van der Waals surface area (Å²) in [7, 11) is 0. The molecule has 7 heteroatoms. The summed E-state index contributed by atoms with van der Waals surface area (Å²) < 4.78 is 11.9. The second-order valence-electron chi connectivity index (χ2n) is 32.8. The lowest BCUT2D eigenvalue weighted by molar-refractivity contribution is 0.479. The summed E-state index contributed by atoms with van der Waals surface area (Å²) in [4.78, 5) is 10.2. The first-order valence-electron chi connectivity index (χ1n) is 32.2. The van der Waals surface area contributed by atoms with Gasteiger partial charge >= 0.3 is 0 Å². The molecule has 0 fully saturated rings. The monoisotopic (exact) mass is 1210 g/mol. The van der Waals surface area contributed by atoms with E-state index >= 15 is 0 Å². The molecule has 0 aliphatic carbocycles. The molecule has 12 rings (SSSR count). The average molecular weight is 1210 g/mol. The van der Waals surface area contributed by atoms with Crippen LogP contribution in [-0.2, 0) is 37.9 Å². The molecule has 0 saturated heterocycles. The van der Waals surface area contributed by atoms with E-state index < -0.39 is 0 Å². The van der Waals surface area contributed by atoms with E-state index in [-0.39, 0.29) is 37.9 Å². The van der Waals surface area contributed by atoms with Gasteiger partial charge in [0, 0.05) is 66.1 Å². The fourth-order valence-corrected chi connectivity index (χ4v) is 14.1. The van der Waals surface area contributed by atoms with E-state index in [9.17, 15) is 5.26 Å². The van der Waals surface area contributed by atoms with Crippen molar-refractivity contribution < 1.29 is 4.74 Å². The summed E-state index contributed by atoms with van der Waals surface area (Å²) >= 11 is 1.75. The Morgan fingerprint density at radius 2 is 0.933 bits per heavy atom. The maximum atomic E-state index is 9.89. The van der Waals surface area contributed by atoms with Crippen molar-refractivity contribution in [2.24, 2.45) is 0 Å². The van der Waals surface area contributed by atoms with Crippen LogP contribution in [0.25, 0.3) is 70.0 Å². The Kier molecular flexibility index (Phi) is 14.8. The highest BCUT2D eigenvalue weighted by Gasteiger charge is 2.36. The molecule has 0 amide bonds. The minimum atomic E-state index is -0.217. The molecule has 1 aliphatic rings. The van der Waals surface area contributed by atoms with Crippen LogP contribution >= 0.6 is 11.3 Å². The van der Waals surface area contributed by atoms with Crippen molar-refractivity contribution in [3.8, 4) is 45.6 Å². The van der Waals surface area contributed by atoms with Crippen LogP contribution in [0.15, 0.2) is 158 Å².